The molecule has 0 amide bonds. The number of hydrogen-bond donors (Lipinski definition) is 3. The van der Waals surface area contributed by atoms with Crippen molar-refractivity contribution in [2.75, 3.05) is 11.9 Å². The van der Waals surface area contributed by atoms with E-state index >= 15 is 0 Å². The highest BCUT2D eigenvalue weighted by Crippen LogP contribution is 2.40. The fourth-order valence-corrected chi connectivity index (χ4v) is 3.90. The number of aromatic nitrogens is 1. The van der Waals surface area contributed by atoms with Crippen molar-refractivity contribution >= 4 is 16.6 Å². The maximum Gasteiger partial charge on any atom is 0.272 e. The molecule has 0 aliphatic carbocycles. The van der Waals surface area contributed by atoms with Gasteiger partial charge in [-0.1, -0.05) is 32.0 Å². The Balaban J connectivity index is 1.93. The molecule has 1 heterocycles. The van der Waals surface area contributed by atoms with Crippen LogP contribution in [0.3, 0.4) is 0 Å². The molecule has 0 bridgehead atoms. The summed E-state index contributed by atoms with van der Waals surface area (Å²) in [5.74, 6) is -0.911. The van der Waals surface area contributed by atoms with E-state index < -0.39 is 42.4 Å². The van der Waals surface area contributed by atoms with Crippen LogP contribution in [0.2, 0.25) is 0 Å². The summed E-state index contributed by atoms with van der Waals surface area (Å²) in [4.78, 5) is 4.21. The van der Waals surface area contributed by atoms with Gasteiger partial charge in [-0.15, -0.1) is 0 Å². The quantitative estimate of drug-likeness (QED) is 0.425. The van der Waals surface area contributed by atoms with Crippen LogP contribution >= 0.6 is 0 Å². The highest BCUT2D eigenvalue weighted by atomic mass is 19.3. The SMILES string of the molecule is CC(C)(CC(O)(CNc1ccnc2ccccc12)C(F)C(F)F)c1cc(F)ccc1O. The molecule has 0 aliphatic rings. The number of alkyl halides is 3. The Bertz CT molecular complexity index is 1060. The monoisotopic (exact) mass is 436 g/mol. The third kappa shape index (κ3) is 4.90. The summed E-state index contributed by atoms with van der Waals surface area (Å²) in [6.07, 6.45) is -5.29. The molecule has 0 fully saturated rings. The zero-order valence-electron chi connectivity index (χ0n) is 17.1. The Morgan fingerprint density at radius 2 is 1.77 bits per heavy atom. The maximum absolute atomic E-state index is 14.6. The number of benzene rings is 2. The van der Waals surface area contributed by atoms with Crippen molar-refractivity contribution in [3.05, 3.63) is 66.1 Å². The van der Waals surface area contributed by atoms with Crippen LogP contribution in [0.5, 0.6) is 5.75 Å². The first-order valence-corrected chi connectivity index (χ1v) is 9.75. The van der Waals surface area contributed by atoms with Crippen LogP contribution in [0.4, 0.5) is 23.2 Å². The number of nitrogens with zero attached hydrogens (tertiary/aromatic N) is 1. The van der Waals surface area contributed by atoms with Crippen LogP contribution in [0.15, 0.2) is 54.7 Å². The van der Waals surface area contributed by atoms with Crippen LogP contribution < -0.4 is 5.32 Å². The molecule has 3 aromatic rings. The van der Waals surface area contributed by atoms with E-state index in [1.54, 1.807) is 30.3 Å². The highest BCUT2D eigenvalue weighted by molar-refractivity contribution is 5.90. The van der Waals surface area contributed by atoms with Crippen molar-refractivity contribution in [2.24, 2.45) is 0 Å². The highest BCUT2D eigenvalue weighted by Gasteiger charge is 2.47. The number of pyridine rings is 1. The van der Waals surface area contributed by atoms with Crippen molar-refractivity contribution in [3.63, 3.8) is 0 Å². The number of fused-ring (bicyclic) bond motifs is 1. The zero-order chi connectivity index (χ0) is 22.8. The van der Waals surface area contributed by atoms with E-state index in [2.05, 4.69) is 10.3 Å². The van der Waals surface area contributed by atoms with Gasteiger partial charge in [-0.25, -0.2) is 17.6 Å². The Morgan fingerprint density at radius 1 is 1.06 bits per heavy atom. The average Bonchev–Trinajstić information content (AvgIpc) is 2.73. The predicted molar refractivity (Wildman–Crippen MR) is 112 cm³/mol. The van der Waals surface area contributed by atoms with E-state index in [0.29, 0.717) is 16.6 Å². The van der Waals surface area contributed by atoms with Crippen LogP contribution in [0.25, 0.3) is 10.9 Å². The molecule has 1 aromatic heterocycles. The van der Waals surface area contributed by atoms with Gasteiger partial charge in [0.25, 0.3) is 6.43 Å². The fourth-order valence-electron chi connectivity index (χ4n) is 3.90. The molecule has 166 valence electrons. The minimum Gasteiger partial charge on any atom is -0.508 e. The Morgan fingerprint density at radius 3 is 2.48 bits per heavy atom. The van der Waals surface area contributed by atoms with E-state index in [-0.39, 0.29) is 11.3 Å². The molecule has 3 N–H and O–H groups in total. The predicted octanol–water partition coefficient (Wildman–Crippen LogP) is 5.19. The lowest BCUT2D eigenvalue weighted by Gasteiger charge is -2.39. The molecule has 2 aromatic carbocycles. The zero-order valence-corrected chi connectivity index (χ0v) is 17.1. The summed E-state index contributed by atoms with van der Waals surface area (Å²) in [7, 11) is 0. The summed E-state index contributed by atoms with van der Waals surface area (Å²) in [6, 6.07) is 11.9. The molecule has 0 aliphatic heterocycles. The molecule has 3 rings (SSSR count). The minimum absolute atomic E-state index is 0.0850. The summed E-state index contributed by atoms with van der Waals surface area (Å²) < 4.78 is 55.0. The van der Waals surface area contributed by atoms with Gasteiger partial charge in [0.2, 0.25) is 0 Å². The fraction of sp³-hybridized carbons (Fsp3) is 0.348. The summed E-state index contributed by atoms with van der Waals surface area (Å²) in [6.45, 7) is 2.50. The molecular formula is C23H24F4N2O2. The normalized spacial score (nSPS) is 15.1. The second kappa shape index (κ2) is 8.70. The Labute approximate surface area is 177 Å². The average molecular weight is 436 g/mol. The van der Waals surface area contributed by atoms with Crippen molar-refractivity contribution in [2.45, 2.75) is 43.9 Å². The standard InChI is InChI=1S/C23H24F4N2O2/c1-22(2,16-11-14(24)7-8-19(16)30)12-23(31,20(25)21(26)27)13-29-18-9-10-28-17-6-4-3-5-15(17)18/h3-11,20-21,30-31H,12-13H2,1-2H3,(H,28,29). The number of phenols is 1. The summed E-state index contributed by atoms with van der Waals surface area (Å²) in [5.41, 5.74) is -2.51. The third-order valence-electron chi connectivity index (χ3n) is 5.40. The lowest BCUT2D eigenvalue weighted by atomic mass is 9.73. The maximum atomic E-state index is 14.6. The topological polar surface area (TPSA) is 65.4 Å². The lowest BCUT2D eigenvalue weighted by Crippen LogP contribution is -2.52. The number of halogens is 4. The Kier molecular flexibility index (Phi) is 6.40. The molecule has 2 atom stereocenters. The van der Waals surface area contributed by atoms with Crippen LogP contribution in [0, 0.1) is 5.82 Å². The smallest absolute Gasteiger partial charge is 0.272 e. The molecule has 31 heavy (non-hydrogen) atoms. The number of para-hydroxylation sites is 1. The van der Waals surface area contributed by atoms with Crippen molar-refractivity contribution in [1.82, 2.24) is 4.98 Å². The molecule has 2 unspecified atom stereocenters. The van der Waals surface area contributed by atoms with Gasteiger partial charge >= 0.3 is 0 Å². The first kappa shape index (κ1) is 22.8. The molecule has 0 radical (unpaired) electrons. The number of phenolic OH excluding ortho intramolecular Hbond substituents is 1. The number of rotatable bonds is 8. The Hall–Kier alpha value is -2.87. The summed E-state index contributed by atoms with van der Waals surface area (Å²) >= 11 is 0. The number of nitrogens with one attached hydrogen (secondary N) is 1. The lowest BCUT2D eigenvalue weighted by molar-refractivity contribution is -0.103. The van der Waals surface area contributed by atoms with Crippen molar-refractivity contribution in [3.8, 4) is 5.75 Å². The second-order valence-electron chi connectivity index (χ2n) is 8.29. The second-order valence-corrected chi connectivity index (χ2v) is 8.29. The molecule has 4 nitrogen and oxygen atoms in total. The minimum atomic E-state index is -3.43. The van der Waals surface area contributed by atoms with E-state index in [1.165, 1.54) is 20.0 Å². The van der Waals surface area contributed by atoms with E-state index in [4.69, 9.17) is 0 Å². The van der Waals surface area contributed by atoms with E-state index in [1.807, 2.05) is 0 Å². The van der Waals surface area contributed by atoms with Crippen LogP contribution in [0.1, 0.15) is 25.8 Å². The van der Waals surface area contributed by atoms with E-state index in [9.17, 15) is 27.8 Å². The third-order valence-corrected chi connectivity index (χ3v) is 5.40. The van der Waals surface area contributed by atoms with Crippen molar-refractivity contribution < 1.29 is 27.8 Å². The van der Waals surface area contributed by atoms with E-state index in [0.717, 1.165) is 18.2 Å². The molecule has 0 saturated carbocycles. The van der Waals surface area contributed by atoms with Gasteiger partial charge in [-0.3, -0.25) is 4.98 Å². The van der Waals surface area contributed by atoms with Gasteiger partial charge in [-0.05, 0) is 42.2 Å². The van der Waals surface area contributed by atoms with Gasteiger partial charge in [-0.2, -0.15) is 0 Å². The number of aliphatic hydroxyl groups is 1. The molecule has 0 spiro atoms. The van der Waals surface area contributed by atoms with Gasteiger partial charge in [0, 0.05) is 29.4 Å². The molecule has 0 saturated heterocycles. The molecular weight excluding hydrogens is 412 g/mol. The van der Waals surface area contributed by atoms with Gasteiger partial charge < -0.3 is 15.5 Å². The van der Waals surface area contributed by atoms with Crippen LogP contribution in [-0.4, -0.2) is 39.9 Å². The van der Waals surface area contributed by atoms with Gasteiger partial charge in [0.05, 0.1) is 5.52 Å². The van der Waals surface area contributed by atoms with Gasteiger partial charge in [0.15, 0.2) is 6.17 Å². The van der Waals surface area contributed by atoms with Crippen LogP contribution in [-0.2, 0) is 5.41 Å². The number of anilines is 1. The van der Waals surface area contributed by atoms with Crippen molar-refractivity contribution in [1.29, 1.82) is 0 Å². The first-order valence-electron chi connectivity index (χ1n) is 9.75. The molecule has 8 heteroatoms. The number of hydrogen-bond acceptors (Lipinski definition) is 4. The first-order chi connectivity index (χ1) is 14.5. The summed E-state index contributed by atoms with van der Waals surface area (Å²) in [5, 5.41) is 24.7. The number of aromatic hydroxyl groups is 1. The van der Waals surface area contributed by atoms with Gasteiger partial charge in [0.1, 0.15) is 17.2 Å². The largest absolute Gasteiger partial charge is 0.508 e.